The van der Waals surface area contributed by atoms with Crippen molar-refractivity contribution in [3.8, 4) is 5.75 Å². The Hall–Kier alpha value is -2.89. The van der Waals surface area contributed by atoms with E-state index in [1.54, 1.807) is 36.3 Å². The van der Waals surface area contributed by atoms with Crippen LogP contribution in [-0.2, 0) is 0 Å². The van der Waals surface area contributed by atoms with Crippen molar-refractivity contribution in [1.29, 1.82) is 0 Å². The number of ether oxygens (including phenoxy) is 1. The van der Waals surface area contributed by atoms with Crippen LogP contribution in [0.1, 0.15) is 10.4 Å². The van der Waals surface area contributed by atoms with Crippen LogP contribution in [0.4, 0.5) is 5.69 Å². The quantitative estimate of drug-likeness (QED) is 0.788. The number of amides is 1. The van der Waals surface area contributed by atoms with Crippen molar-refractivity contribution in [3.63, 3.8) is 0 Å². The third kappa shape index (κ3) is 2.07. The zero-order chi connectivity index (χ0) is 13.9. The molecule has 0 saturated carbocycles. The lowest BCUT2D eigenvalue weighted by Gasteiger charge is -2.08. The number of aromatic nitrogens is 3. The Morgan fingerprint density at radius 3 is 3.05 bits per heavy atom. The molecular weight excluding hydrogens is 256 g/mol. The molecule has 0 saturated heterocycles. The highest BCUT2D eigenvalue weighted by molar-refractivity contribution is 6.09. The molecule has 100 valence electrons. The molecule has 1 N–H and O–H groups in total. The summed E-state index contributed by atoms with van der Waals surface area (Å²) in [6, 6.07) is 7.23. The summed E-state index contributed by atoms with van der Waals surface area (Å²) in [5.41, 5.74) is 1.76. The van der Waals surface area contributed by atoms with Crippen molar-refractivity contribution in [2.75, 3.05) is 12.4 Å². The largest absolute Gasteiger partial charge is 0.494 e. The van der Waals surface area contributed by atoms with Crippen LogP contribution < -0.4 is 10.1 Å². The Kier molecular flexibility index (Phi) is 3.04. The third-order valence-electron chi connectivity index (χ3n) is 2.92. The number of nitrogens with zero attached hydrogens (tertiary/aromatic N) is 3. The number of hydrogen-bond acceptors (Lipinski definition) is 4. The van der Waals surface area contributed by atoms with Crippen LogP contribution in [0.5, 0.6) is 5.75 Å². The molecule has 3 aromatic heterocycles. The number of anilines is 1. The summed E-state index contributed by atoms with van der Waals surface area (Å²) in [6.45, 7) is 0. The molecule has 0 unspecified atom stereocenters. The monoisotopic (exact) mass is 268 g/mol. The number of fused-ring (bicyclic) bond motifs is 1. The molecule has 0 bridgehead atoms. The molecule has 0 radical (unpaired) electrons. The number of hydrogen-bond donors (Lipinski definition) is 1. The van der Waals surface area contributed by atoms with Crippen LogP contribution in [0.25, 0.3) is 5.52 Å². The molecule has 0 aromatic carbocycles. The van der Waals surface area contributed by atoms with E-state index in [1.165, 1.54) is 6.20 Å². The Labute approximate surface area is 115 Å². The first-order valence-corrected chi connectivity index (χ1v) is 6.01. The van der Waals surface area contributed by atoms with Crippen LogP contribution >= 0.6 is 0 Å². The van der Waals surface area contributed by atoms with Crippen molar-refractivity contribution >= 4 is 17.1 Å². The highest BCUT2D eigenvalue weighted by atomic mass is 16.5. The van der Waals surface area contributed by atoms with Crippen LogP contribution in [0.2, 0.25) is 0 Å². The fourth-order valence-corrected chi connectivity index (χ4v) is 1.95. The summed E-state index contributed by atoms with van der Waals surface area (Å²) in [7, 11) is 1.54. The minimum Gasteiger partial charge on any atom is -0.494 e. The second kappa shape index (κ2) is 5.00. The maximum atomic E-state index is 12.3. The van der Waals surface area contributed by atoms with Gasteiger partial charge in [0.2, 0.25) is 0 Å². The fraction of sp³-hybridized carbons (Fsp3) is 0.0714. The molecule has 6 nitrogen and oxygen atoms in total. The number of pyridine rings is 2. The van der Waals surface area contributed by atoms with Gasteiger partial charge in [0, 0.05) is 18.5 Å². The first kappa shape index (κ1) is 12.2. The average molecular weight is 268 g/mol. The van der Waals surface area contributed by atoms with Gasteiger partial charge < -0.3 is 10.1 Å². The van der Waals surface area contributed by atoms with E-state index >= 15 is 0 Å². The van der Waals surface area contributed by atoms with Crippen LogP contribution in [-0.4, -0.2) is 27.6 Å². The Morgan fingerprint density at radius 1 is 1.30 bits per heavy atom. The maximum Gasteiger partial charge on any atom is 0.259 e. The summed E-state index contributed by atoms with van der Waals surface area (Å²) < 4.78 is 6.82. The molecule has 20 heavy (non-hydrogen) atoms. The van der Waals surface area contributed by atoms with E-state index in [-0.39, 0.29) is 5.91 Å². The molecule has 0 aliphatic heterocycles. The molecule has 0 spiro atoms. The SMILES string of the molecule is COc1ccncc1NC(=O)c1cnn2ccccc12. The predicted molar refractivity (Wildman–Crippen MR) is 73.9 cm³/mol. The van der Waals surface area contributed by atoms with Gasteiger partial charge in [-0.1, -0.05) is 6.07 Å². The van der Waals surface area contributed by atoms with Gasteiger partial charge in [-0.2, -0.15) is 5.10 Å². The van der Waals surface area contributed by atoms with Gasteiger partial charge in [-0.05, 0) is 12.1 Å². The van der Waals surface area contributed by atoms with Gasteiger partial charge in [0.25, 0.3) is 5.91 Å². The molecule has 1 amide bonds. The number of carbonyl (C=O) groups is 1. The maximum absolute atomic E-state index is 12.3. The number of carbonyl (C=O) groups excluding carboxylic acids is 1. The van der Waals surface area contributed by atoms with Crippen LogP contribution in [0.15, 0.2) is 49.1 Å². The van der Waals surface area contributed by atoms with E-state index in [9.17, 15) is 4.79 Å². The number of rotatable bonds is 3. The summed E-state index contributed by atoms with van der Waals surface area (Å²) in [4.78, 5) is 16.3. The summed E-state index contributed by atoms with van der Waals surface area (Å²) >= 11 is 0. The Morgan fingerprint density at radius 2 is 2.20 bits per heavy atom. The van der Waals surface area contributed by atoms with Crippen molar-refractivity contribution in [1.82, 2.24) is 14.6 Å². The average Bonchev–Trinajstić information content (AvgIpc) is 2.92. The van der Waals surface area contributed by atoms with Crippen LogP contribution in [0.3, 0.4) is 0 Å². The zero-order valence-corrected chi connectivity index (χ0v) is 10.8. The lowest BCUT2D eigenvalue weighted by Crippen LogP contribution is -2.12. The Balaban J connectivity index is 1.93. The molecular formula is C14H12N4O2. The van der Waals surface area contributed by atoms with E-state index in [1.807, 2.05) is 18.2 Å². The van der Waals surface area contributed by atoms with E-state index in [0.717, 1.165) is 5.52 Å². The standard InChI is InChI=1S/C14H12N4O2/c1-20-13-5-6-15-9-11(13)17-14(19)10-8-16-18-7-3-2-4-12(10)18/h2-9H,1H3,(H,17,19). The summed E-state index contributed by atoms with van der Waals surface area (Å²) in [5, 5.41) is 6.91. The minimum atomic E-state index is -0.252. The van der Waals surface area contributed by atoms with E-state index < -0.39 is 0 Å². The summed E-state index contributed by atoms with van der Waals surface area (Å²) in [5.74, 6) is 0.308. The van der Waals surface area contributed by atoms with E-state index in [4.69, 9.17) is 4.74 Å². The van der Waals surface area contributed by atoms with Crippen molar-refractivity contribution in [3.05, 3.63) is 54.6 Å². The van der Waals surface area contributed by atoms with E-state index in [0.29, 0.717) is 17.0 Å². The lowest BCUT2D eigenvalue weighted by molar-refractivity contribution is 0.102. The first-order chi connectivity index (χ1) is 9.79. The van der Waals surface area contributed by atoms with Crippen molar-refractivity contribution in [2.45, 2.75) is 0 Å². The highest BCUT2D eigenvalue weighted by Gasteiger charge is 2.14. The molecule has 6 heteroatoms. The highest BCUT2D eigenvalue weighted by Crippen LogP contribution is 2.23. The van der Waals surface area contributed by atoms with Gasteiger partial charge in [-0.25, -0.2) is 4.52 Å². The topological polar surface area (TPSA) is 68.5 Å². The minimum absolute atomic E-state index is 0.252. The van der Waals surface area contributed by atoms with Gasteiger partial charge in [-0.3, -0.25) is 9.78 Å². The molecule has 0 aliphatic carbocycles. The molecule has 0 fully saturated rings. The molecule has 0 aliphatic rings. The molecule has 0 atom stereocenters. The Bertz CT molecular complexity index is 766. The molecule has 3 rings (SSSR count). The number of methoxy groups -OCH3 is 1. The fourth-order valence-electron chi connectivity index (χ4n) is 1.95. The van der Waals surface area contributed by atoms with Gasteiger partial charge in [0.05, 0.1) is 30.6 Å². The second-order valence-electron chi connectivity index (χ2n) is 4.12. The first-order valence-electron chi connectivity index (χ1n) is 6.01. The lowest BCUT2D eigenvalue weighted by atomic mass is 10.2. The van der Waals surface area contributed by atoms with Crippen molar-refractivity contribution in [2.24, 2.45) is 0 Å². The zero-order valence-electron chi connectivity index (χ0n) is 10.8. The van der Waals surface area contributed by atoms with Gasteiger partial charge in [0.15, 0.2) is 0 Å². The number of nitrogens with one attached hydrogen (secondary N) is 1. The van der Waals surface area contributed by atoms with Gasteiger partial charge in [-0.15, -0.1) is 0 Å². The smallest absolute Gasteiger partial charge is 0.259 e. The predicted octanol–water partition coefficient (Wildman–Crippen LogP) is 1.99. The third-order valence-corrected chi connectivity index (χ3v) is 2.92. The van der Waals surface area contributed by atoms with Crippen molar-refractivity contribution < 1.29 is 9.53 Å². The summed E-state index contributed by atoms with van der Waals surface area (Å²) in [6.07, 6.45) is 6.47. The van der Waals surface area contributed by atoms with Crippen LogP contribution in [0, 0.1) is 0 Å². The van der Waals surface area contributed by atoms with Gasteiger partial charge >= 0.3 is 0 Å². The molecule has 3 aromatic rings. The van der Waals surface area contributed by atoms with Gasteiger partial charge in [0.1, 0.15) is 11.4 Å². The normalized spacial score (nSPS) is 10.4. The second-order valence-corrected chi connectivity index (χ2v) is 4.12. The molecule has 3 heterocycles. The van der Waals surface area contributed by atoms with E-state index in [2.05, 4.69) is 15.4 Å².